The smallest absolute Gasteiger partial charge is 0.305 e. The predicted octanol–water partition coefficient (Wildman–Crippen LogP) is 24.1. The van der Waals surface area contributed by atoms with Gasteiger partial charge in [-0.3, -0.25) is 9.59 Å². The lowest BCUT2D eigenvalue weighted by Gasteiger charge is -2.22. The van der Waals surface area contributed by atoms with Crippen LogP contribution in [0, 0.1) is 0 Å². The summed E-state index contributed by atoms with van der Waals surface area (Å²) >= 11 is 0. The molecule has 0 aromatic rings. The van der Waals surface area contributed by atoms with E-state index in [4.69, 9.17) is 4.74 Å². The first-order chi connectivity index (χ1) is 40.0. The first kappa shape index (κ1) is 79.3. The Labute approximate surface area is 507 Å². The largest absolute Gasteiger partial charge is 0.466 e. The number of ether oxygens (including phenoxy) is 1. The number of nitrogens with one attached hydrogen (secondary N) is 1. The third-order valence-electron chi connectivity index (χ3n) is 17.5. The minimum atomic E-state index is -0.662. The summed E-state index contributed by atoms with van der Waals surface area (Å²) in [6.07, 6.45) is 89.6. The Morgan fingerprint density at radius 1 is 0.333 bits per heavy atom. The molecule has 0 aromatic heterocycles. The highest BCUT2D eigenvalue weighted by molar-refractivity contribution is 5.76. The zero-order valence-corrected chi connectivity index (χ0v) is 55.0. The molecule has 81 heavy (non-hydrogen) atoms. The maximum Gasteiger partial charge on any atom is 0.305 e. The van der Waals surface area contributed by atoms with Crippen LogP contribution in [0.15, 0.2) is 24.3 Å². The third-order valence-corrected chi connectivity index (χ3v) is 17.5. The van der Waals surface area contributed by atoms with E-state index >= 15 is 0 Å². The van der Waals surface area contributed by atoms with Gasteiger partial charge in [-0.25, -0.2) is 0 Å². The van der Waals surface area contributed by atoms with E-state index in [9.17, 15) is 19.8 Å². The molecule has 0 heterocycles. The van der Waals surface area contributed by atoms with Gasteiger partial charge in [0.2, 0.25) is 5.91 Å². The maximum atomic E-state index is 12.5. The van der Waals surface area contributed by atoms with Crippen molar-refractivity contribution in [2.24, 2.45) is 0 Å². The molecule has 2 atom stereocenters. The predicted molar refractivity (Wildman–Crippen MR) is 356 cm³/mol. The number of aliphatic hydroxyl groups is 2. The quantitative estimate of drug-likeness (QED) is 0.0320. The van der Waals surface area contributed by atoms with Crippen molar-refractivity contribution in [1.29, 1.82) is 0 Å². The molecule has 2 unspecified atom stereocenters. The van der Waals surface area contributed by atoms with Gasteiger partial charge in [0.15, 0.2) is 0 Å². The van der Waals surface area contributed by atoms with Crippen LogP contribution in [0.4, 0.5) is 0 Å². The molecule has 480 valence electrons. The van der Waals surface area contributed by atoms with Crippen molar-refractivity contribution in [2.75, 3.05) is 13.2 Å². The lowest BCUT2D eigenvalue weighted by atomic mass is 10.0. The highest BCUT2D eigenvalue weighted by atomic mass is 16.5. The molecule has 0 saturated heterocycles. The summed E-state index contributed by atoms with van der Waals surface area (Å²) in [6, 6.07) is -0.539. The Morgan fingerprint density at radius 2 is 0.580 bits per heavy atom. The number of hydrogen-bond acceptors (Lipinski definition) is 5. The average molecular weight is 1140 g/mol. The number of hydrogen-bond donors (Lipinski definition) is 3. The third kappa shape index (κ3) is 67.3. The van der Waals surface area contributed by atoms with E-state index in [0.29, 0.717) is 25.9 Å². The van der Waals surface area contributed by atoms with E-state index in [1.807, 2.05) is 0 Å². The summed E-state index contributed by atoms with van der Waals surface area (Å²) < 4.78 is 5.49. The van der Waals surface area contributed by atoms with E-state index in [1.165, 1.54) is 340 Å². The number of allylic oxidation sites excluding steroid dienone is 4. The van der Waals surface area contributed by atoms with Gasteiger partial charge in [-0.15, -0.1) is 0 Å². The van der Waals surface area contributed by atoms with Crippen LogP contribution in [-0.4, -0.2) is 47.4 Å². The van der Waals surface area contributed by atoms with Gasteiger partial charge >= 0.3 is 5.97 Å². The van der Waals surface area contributed by atoms with Crippen molar-refractivity contribution in [3.05, 3.63) is 24.3 Å². The minimum absolute atomic E-state index is 0.0110. The second kappa shape index (κ2) is 70.8. The first-order valence-electron chi connectivity index (χ1n) is 37.1. The van der Waals surface area contributed by atoms with Crippen molar-refractivity contribution in [3.63, 3.8) is 0 Å². The highest BCUT2D eigenvalue weighted by Gasteiger charge is 2.20. The van der Waals surface area contributed by atoms with Crippen molar-refractivity contribution < 1.29 is 24.5 Å². The molecule has 0 bridgehead atoms. The van der Waals surface area contributed by atoms with Gasteiger partial charge in [-0.05, 0) is 77.0 Å². The Hall–Kier alpha value is -1.66. The number of unbranched alkanes of at least 4 members (excludes halogenated alkanes) is 55. The molecular formula is C75H145NO5. The molecule has 0 fully saturated rings. The van der Waals surface area contributed by atoms with Crippen molar-refractivity contribution in [2.45, 2.75) is 431 Å². The van der Waals surface area contributed by atoms with Gasteiger partial charge in [0.25, 0.3) is 0 Å². The molecule has 0 aliphatic heterocycles. The van der Waals surface area contributed by atoms with Crippen molar-refractivity contribution >= 4 is 11.9 Å². The molecule has 3 N–H and O–H groups in total. The van der Waals surface area contributed by atoms with Crippen LogP contribution in [0.2, 0.25) is 0 Å². The second-order valence-corrected chi connectivity index (χ2v) is 25.6. The van der Waals surface area contributed by atoms with Crippen LogP contribution in [0.1, 0.15) is 418 Å². The fourth-order valence-corrected chi connectivity index (χ4v) is 11.8. The SMILES string of the molecule is CCCCCCCC/C=C\CCCCCCCC(=O)OCCCCCCCCCCCCCC/C=C\CCCCCCCCCCCCCCCCCCC(=O)NC(CO)C(O)CCCCCCCCCCCCCCCCCCC. The molecule has 6 nitrogen and oxygen atoms in total. The monoisotopic (exact) mass is 1140 g/mol. The lowest BCUT2D eigenvalue weighted by Crippen LogP contribution is -2.45. The molecule has 0 rings (SSSR count). The minimum Gasteiger partial charge on any atom is -0.466 e. The molecule has 0 aliphatic rings. The zero-order valence-electron chi connectivity index (χ0n) is 55.0. The number of rotatable bonds is 70. The summed E-state index contributed by atoms with van der Waals surface area (Å²) in [5.41, 5.74) is 0. The number of amides is 1. The molecule has 0 saturated carbocycles. The van der Waals surface area contributed by atoms with Crippen molar-refractivity contribution in [3.8, 4) is 0 Å². The van der Waals surface area contributed by atoms with Crippen LogP contribution in [0.3, 0.4) is 0 Å². The molecule has 1 amide bonds. The van der Waals surface area contributed by atoms with Crippen LogP contribution in [0.25, 0.3) is 0 Å². The Morgan fingerprint density at radius 3 is 0.877 bits per heavy atom. The Bertz CT molecular complexity index is 1270. The molecule has 6 heteroatoms. The summed E-state index contributed by atoms with van der Waals surface area (Å²) in [5, 5.41) is 23.4. The van der Waals surface area contributed by atoms with Crippen LogP contribution in [-0.2, 0) is 14.3 Å². The highest BCUT2D eigenvalue weighted by Crippen LogP contribution is 2.19. The van der Waals surface area contributed by atoms with Gasteiger partial charge in [0.05, 0.1) is 25.4 Å². The van der Waals surface area contributed by atoms with E-state index in [2.05, 4.69) is 43.5 Å². The second-order valence-electron chi connectivity index (χ2n) is 25.6. The maximum absolute atomic E-state index is 12.5. The fraction of sp³-hybridized carbons (Fsp3) is 0.920. The van der Waals surface area contributed by atoms with Gasteiger partial charge in [-0.2, -0.15) is 0 Å². The Kier molecular flexibility index (Phi) is 69.4. The van der Waals surface area contributed by atoms with E-state index in [0.717, 1.165) is 44.9 Å². The molecule has 0 aliphatic carbocycles. The summed E-state index contributed by atoms with van der Waals surface area (Å²) in [6.45, 7) is 4.98. The summed E-state index contributed by atoms with van der Waals surface area (Å²) in [5.74, 6) is -0.0175. The fourth-order valence-electron chi connectivity index (χ4n) is 11.8. The van der Waals surface area contributed by atoms with Gasteiger partial charge in [0, 0.05) is 12.8 Å². The Balaban J connectivity index is 3.35. The van der Waals surface area contributed by atoms with Gasteiger partial charge < -0.3 is 20.3 Å². The van der Waals surface area contributed by atoms with E-state index in [1.54, 1.807) is 0 Å². The number of carbonyl (C=O) groups excluding carboxylic acids is 2. The lowest BCUT2D eigenvalue weighted by molar-refractivity contribution is -0.143. The number of esters is 1. The molecule has 0 aromatic carbocycles. The number of aliphatic hydroxyl groups excluding tert-OH is 2. The standard InChI is InChI=1S/C75H145NO5/c1-3-5-7-9-11-13-15-17-19-36-40-43-47-51-55-59-63-67-73(78)72(71-77)76-74(79)68-64-60-56-52-48-44-41-37-34-32-30-28-26-24-22-20-21-23-25-27-29-31-33-35-38-42-46-50-54-58-62-66-70-81-75(80)69-65-61-57-53-49-45-39-18-16-14-12-10-8-6-4-2/h18,23,25,39,72-73,77-78H,3-17,19-22,24,26-38,40-71H2,1-2H3,(H,76,79)/b25-23-,39-18-. The van der Waals surface area contributed by atoms with E-state index < -0.39 is 12.1 Å². The van der Waals surface area contributed by atoms with Gasteiger partial charge in [-0.1, -0.05) is 353 Å². The normalized spacial score (nSPS) is 12.6. The van der Waals surface area contributed by atoms with E-state index in [-0.39, 0.29) is 18.5 Å². The first-order valence-corrected chi connectivity index (χ1v) is 37.1. The van der Waals surface area contributed by atoms with Crippen LogP contribution in [0.5, 0.6) is 0 Å². The van der Waals surface area contributed by atoms with Gasteiger partial charge in [0.1, 0.15) is 0 Å². The van der Waals surface area contributed by atoms with Crippen LogP contribution >= 0.6 is 0 Å². The molecular weight excluding hydrogens is 995 g/mol. The topological polar surface area (TPSA) is 95.9 Å². The van der Waals surface area contributed by atoms with Crippen LogP contribution < -0.4 is 5.32 Å². The molecule has 0 radical (unpaired) electrons. The van der Waals surface area contributed by atoms with Crippen molar-refractivity contribution in [1.82, 2.24) is 5.32 Å². The molecule has 0 spiro atoms. The summed E-state index contributed by atoms with van der Waals surface area (Å²) in [7, 11) is 0. The zero-order chi connectivity index (χ0) is 58.5. The average Bonchev–Trinajstić information content (AvgIpc) is 3.47. The number of carbonyl (C=O) groups is 2. The summed E-state index contributed by atoms with van der Waals surface area (Å²) in [4.78, 5) is 24.6.